The van der Waals surface area contributed by atoms with Gasteiger partial charge >= 0.3 is 8.05 Å². The molecule has 0 atom stereocenters. The zero-order valence-electron chi connectivity index (χ0n) is 18.4. The van der Waals surface area contributed by atoms with E-state index < -0.39 is 0 Å². The van der Waals surface area contributed by atoms with Crippen LogP contribution in [-0.2, 0) is 0 Å². The minimum absolute atomic E-state index is 0.0590. The number of aromatic nitrogens is 3. The zero-order valence-corrected chi connectivity index (χ0v) is 18.4. The van der Waals surface area contributed by atoms with Gasteiger partial charge in [0.25, 0.3) is 0 Å². The smallest absolute Gasteiger partial charge is 0.322 e. The Kier molecular flexibility index (Phi) is 5.64. The molecule has 0 aliphatic heterocycles. The van der Waals surface area contributed by atoms with Crippen molar-refractivity contribution in [2.24, 2.45) is 0 Å². The standard InChI is InChI=1S/C21H20B5N3O2/c22-10-1-4-13(16(24)7-10)19-27-20(14-5-2-11(23)8-17(14)25)29-21(28-19)15-6-3-12(31-26)9-18(15)30/h1-9,30H,22-26H2. The maximum Gasteiger partial charge on any atom is 0.322 e. The van der Waals surface area contributed by atoms with Crippen molar-refractivity contribution >= 4 is 61.3 Å². The molecule has 1 N–H and O–H groups in total. The third-order valence-corrected chi connectivity index (χ3v) is 5.33. The number of benzene rings is 3. The molecule has 0 saturated heterocycles. The van der Waals surface area contributed by atoms with Gasteiger partial charge in [0.2, 0.25) is 0 Å². The lowest BCUT2D eigenvalue weighted by molar-refractivity contribution is 0.473. The first-order valence-electron chi connectivity index (χ1n) is 10.1. The van der Waals surface area contributed by atoms with E-state index in [1.807, 2.05) is 40.0 Å². The summed E-state index contributed by atoms with van der Waals surface area (Å²) < 4.78 is 5.21. The molecule has 5 nitrogen and oxygen atoms in total. The molecule has 0 aliphatic rings. The van der Waals surface area contributed by atoms with Crippen LogP contribution in [0.5, 0.6) is 11.5 Å². The monoisotopic (exact) mass is 401 g/mol. The highest BCUT2D eigenvalue weighted by Gasteiger charge is 2.17. The minimum atomic E-state index is 0.0590. The fourth-order valence-corrected chi connectivity index (χ4v) is 3.69. The summed E-state index contributed by atoms with van der Waals surface area (Å²) in [6.45, 7) is 0. The molecule has 0 amide bonds. The van der Waals surface area contributed by atoms with Crippen LogP contribution < -0.4 is 26.5 Å². The van der Waals surface area contributed by atoms with E-state index in [2.05, 4.69) is 27.8 Å². The van der Waals surface area contributed by atoms with Crippen LogP contribution in [0.25, 0.3) is 34.2 Å². The predicted molar refractivity (Wildman–Crippen MR) is 140 cm³/mol. The summed E-state index contributed by atoms with van der Waals surface area (Å²) in [6.07, 6.45) is 0. The largest absolute Gasteiger partial charge is 0.568 e. The summed E-state index contributed by atoms with van der Waals surface area (Å²) in [5.74, 6) is 2.20. The number of nitrogens with zero attached hydrogens (tertiary/aromatic N) is 3. The highest BCUT2D eigenvalue weighted by Crippen LogP contribution is 2.32. The molecule has 0 saturated carbocycles. The normalized spacial score (nSPS) is 10.7. The van der Waals surface area contributed by atoms with Gasteiger partial charge in [0.1, 0.15) is 42.9 Å². The number of rotatable bonds is 4. The van der Waals surface area contributed by atoms with Crippen molar-refractivity contribution in [2.45, 2.75) is 0 Å². The molecule has 0 unspecified atom stereocenters. The first-order chi connectivity index (χ1) is 14.9. The summed E-state index contributed by atoms with van der Waals surface area (Å²) in [7, 11) is 9.78. The van der Waals surface area contributed by atoms with Crippen molar-refractivity contribution in [3.63, 3.8) is 0 Å². The van der Waals surface area contributed by atoms with E-state index in [0.717, 1.165) is 22.1 Å². The van der Waals surface area contributed by atoms with Gasteiger partial charge in [0.15, 0.2) is 17.5 Å². The van der Waals surface area contributed by atoms with Crippen molar-refractivity contribution < 1.29 is 9.76 Å². The lowest BCUT2D eigenvalue weighted by Gasteiger charge is -2.13. The lowest BCUT2D eigenvalue weighted by atomic mass is 9.83. The highest BCUT2D eigenvalue weighted by atomic mass is 16.4. The van der Waals surface area contributed by atoms with E-state index in [1.165, 1.54) is 10.9 Å². The van der Waals surface area contributed by atoms with Crippen molar-refractivity contribution in [3.8, 4) is 45.7 Å². The molecule has 3 aromatic carbocycles. The molecule has 4 rings (SSSR count). The van der Waals surface area contributed by atoms with E-state index >= 15 is 0 Å². The van der Waals surface area contributed by atoms with Crippen molar-refractivity contribution in [3.05, 3.63) is 54.6 Å². The van der Waals surface area contributed by atoms with Gasteiger partial charge in [0.05, 0.1) is 5.56 Å². The van der Waals surface area contributed by atoms with E-state index in [4.69, 9.17) is 19.6 Å². The Morgan fingerprint density at radius 2 is 1.06 bits per heavy atom. The van der Waals surface area contributed by atoms with Crippen LogP contribution in [0.3, 0.4) is 0 Å². The number of aromatic hydroxyl groups is 1. The van der Waals surface area contributed by atoms with Crippen LogP contribution >= 0.6 is 0 Å². The average molecular weight is 400 g/mol. The zero-order chi connectivity index (χ0) is 22.1. The molecule has 1 heterocycles. The topological polar surface area (TPSA) is 68.1 Å². The molecule has 0 fully saturated rings. The van der Waals surface area contributed by atoms with Crippen LogP contribution in [0.2, 0.25) is 0 Å². The molecule has 0 radical (unpaired) electrons. The van der Waals surface area contributed by atoms with E-state index in [1.54, 1.807) is 26.2 Å². The number of hydrogen-bond donors (Lipinski definition) is 1. The summed E-state index contributed by atoms with van der Waals surface area (Å²) in [4.78, 5) is 14.3. The Bertz CT molecular complexity index is 1230. The second-order valence-electron chi connectivity index (χ2n) is 7.83. The number of hydrogen-bond acceptors (Lipinski definition) is 5. The summed E-state index contributed by atoms with van der Waals surface area (Å²) in [5.41, 5.74) is 6.93. The van der Waals surface area contributed by atoms with Gasteiger partial charge in [-0.05, 0) is 12.1 Å². The van der Waals surface area contributed by atoms with Crippen LogP contribution in [0.15, 0.2) is 54.6 Å². The summed E-state index contributed by atoms with van der Waals surface area (Å²) in [5, 5.41) is 10.6. The van der Waals surface area contributed by atoms with Crippen molar-refractivity contribution in [2.75, 3.05) is 0 Å². The maximum absolute atomic E-state index is 10.6. The first kappa shape index (κ1) is 20.9. The van der Waals surface area contributed by atoms with Crippen LogP contribution in [0.4, 0.5) is 0 Å². The molecule has 146 valence electrons. The molecular formula is C21H20B5N3O2. The van der Waals surface area contributed by atoms with Gasteiger partial charge in [-0.3, -0.25) is 0 Å². The summed E-state index contributed by atoms with van der Waals surface area (Å²) >= 11 is 0. The molecule has 10 heteroatoms. The molecule has 0 aliphatic carbocycles. The SMILES string of the molecule is BOc1ccc(-c2nc(-c3ccc(B)cc3B)nc(-c3ccc(B)cc3B)n2)c(O)c1. The van der Waals surface area contributed by atoms with E-state index in [9.17, 15) is 5.11 Å². The van der Waals surface area contributed by atoms with Crippen molar-refractivity contribution in [1.29, 1.82) is 0 Å². The van der Waals surface area contributed by atoms with E-state index in [-0.39, 0.29) is 5.75 Å². The maximum atomic E-state index is 10.6. The third-order valence-electron chi connectivity index (χ3n) is 5.33. The second-order valence-corrected chi connectivity index (χ2v) is 7.83. The molecule has 1 aromatic heterocycles. The Morgan fingerprint density at radius 1 is 0.613 bits per heavy atom. The fourth-order valence-electron chi connectivity index (χ4n) is 3.69. The Morgan fingerprint density at radius 3 is 1.48 bits per heavy atom. The van der Waals surface area contributed by atoms with Crippen LogP contribution in [0, 0.1) is 0 Å². The van der Waals surface area contributed by atoms with Gasteiger partial charge in [-0.2, -0.15) is 0 Å². The molecule has 0 spiro atoms. The minimum Gasteiger partial charge on any atom is -0.568 e. The Hall–Kier alpha value is -3.41. The fraction of sp³-hybridized carbons (Fsp3) is 0. The van der Waals surface area contributed by atoms with Crippen LogP contribution in [-0.4, -0.2) is 59.5 Å². The van der Waals surface area contributed by atoms with Gasteiger partial charge < -0.3 is 9.76 Å². The average Bonchev–Trinajstić information content (AvgIpc) is 2.73. The molecule has 0 bridgehead atoms. The van der Waals surface area contributed by atoms with Gasteiger partial charge in [-0.1, -0.05) is 58.2 Å². The second kappa shape index (κ2) is 8.38. The van der Waals surface area contributed by atoms with Crippen molar-refractivity contribution in [1.82, 2.24) is 15.0 Å². The highest BCUT2D eigenvalue weighted by molar-refractivity contribution is 6.40. The Balaban J connectivity index is 1.96. The molecular weight excluding hydrogens is 380 g/mol. The number of phenolic OH excluding ortho intramolecular Hbond substituents is 1. The predicted octanol–water partition coefficient (Wildman–Crippen LogP) is -3.46. The molecule has 31 heavy (non-hydrogen) atoms. The van der Waals surface area contributed by atoms with Crippen LogP contribution in [0.1, 0.15) is 0 Å². The molecule has 4 aromatic rings. The Labute approximate surface area is 186 Å². The lowest BCUT2D eigenvalue weighted by Crippen LogP contribution is -2.18. The quantitative estimate of drug-likeness (QED) is 0.361. The van der Waals surface area contributed by atoms with Gasteiger partial charge in [-0.25, -0.2) is 15.0 Å². The first-order valence-corrected chi connectivity index (χ1v) is 10.1. The van der Waals surface area contributed by atoms with E-state index in [0.29, 0.717) is 28.8 Å². The number of phenols is 1. The van der Waals surface area contributed by atoms with Gasteiger partial charge in [0, 0.05) is 17.2 Å². The third kappa shape index (κ3) is 4.24. The summed E-state index contributed by atoms with van der Waals surface area (Å²) in [6, 6.07) is 17.5. The van der Waals surface area contributed by atoms with Gasteiger partial charge in [-0.15, -0.1) is 0 Å².